The second-order valence-corrected chi connectivity index (χ2v) is 11.0. The number of fused-ring (bicyclic) bond motifs is 2. The predicted octanol–water partition coefficient (Wildman–Crippen LogP) is 5.87. The first kappa shape index (κ1) is 24.0. The summed E-state index contributed by atoms with van der Waals surface area (Å²) in [5, 5.41) is 9.03. The van der Waals surface area contributed by atoms with E-state index < -0.39 is 38.9 Å². The van der Waals surface area contributed by atoms with Gasteiger partial charge >= 0.3 is 12.1 Å². The molecule has 178 valence electrons. The van der Waals surface area contributed by atoms with Crippen molar-refractivity contribution in [2.24, 2.45) is 0 Å². The molecule has 0 bridgehead atoms. The summed E-state index contributed by atoms with van der Waals surface area (Å²) >= 11 is 1.45. The normalized spacial score (nSPS) is 14.4. The van der Waals surface area contributed by atoms with Crippen LogP contribution in [0.2, 0.25) is 0 Å². The molecule has 0 aliphatic rings. The Bertz CT molecular complexity index is 1550. The van der Waals surface area contributed by atoms with Crippen LogP contribution < -0.4 is 0 Å². The first-order chi connectivity index (χ1) is 15.8. The molecule has 2 heterocycles. The number of thiazole rings is 1. The van der Waals surface area contributed by atoms with Crippen molar-refractivity contribution in [2.75, 3.05) is 0 Å². The Hall–Kier alpha value is -3.18. The zero-order chi connectivity index (χ0) is 25.0. The number of benzene rings is 2. The van der Waals surface area contributed by atoms with Gasteiger partial charge in [0.05, 0.1) is 32.2 Å². The van der Waals surface area contributed by atoms with Gasteiger partial charge in [-0.25, -0.2) is 17.4 Å². The lowest BCUT2D eigenvalue weighted by molar-refractivity contribution is -0.139. The molecule has 0 aliphatic heterocycles. The second-order valence-electron chi connectivity index (χ2n) is 7.83. The van der Waals surface area contributed by atoms with E-state index in [9.17, 15) is 31.5 Å². The number of aryl methyl sites for hydroxylation is 1. The summed E-state index contributed by atoms with van der Waals surface area (Å²) in [5.41, 5.74) is -0.203. The molecule has 0 saturated carbocycles. The largest absolute Gasteiger partial charge is 0.481 e. The van der Waals surface area contributed by atoms with Crippen molar-refractivity contribution >= 4 is 48.4 Å². The van der Waals surface area contributed by atoms with E-state index in [0.29, 0.717) is 11.1 Å². The maximum absolute atomic E-state index is 13.9. The number of aliphatic carboxylic acids is 1. The van der Waals surface area contributed by atoms with Gasteiger partial charge in [0.25, 0.3) is 0 Å². The monoisotopic (exact) mass is 508 g/mol. The van der Waals surface area contributed by atoms with Gasteiger partial charge in [0.1, 0.15) is 5.25 Å². The van der Waals surface area contributed by atoms with Gasteiger partial charge < -0.3 is 5.11 Å². The van der Waals surface area contributed by atoms with E-state index in [0.717, 1.165) is 31.9 Å². The fourth-order valence-electron chi connectivity index (χ4n) is 3.88. The maximum atomic E-state index is 13.9. The number of aromatic nitrogens is 2. The second kappa shape index (κ2) is 8.24. The molecule has 0 saturated heterocycles. The van der Waals surface area contributed by atoms with Crippen molar-refractivity contribution in [3.05, 3.63) is 76.9 Å². The molecule has 2 atom stereocenters. The van der Waals surface area contributed by atoms with Crippen molar-refractivity contribution in [1.29, 1.82) is 0 Å². The third kappa shape index (κ3) is 3.98. The molecule has 2 unspecified atom stereocenters. The zero-order valence-electron chi connectivity index (χ0n) is 18.0. The molecule has 4 rings (SSSR count). The number of hydrogen-bond donors (Lipinski definition) is 1. The molecule has 34 heavy (non-hydrogen) atoms. The van der Waals surface area contributed by atoms with Gasteiger partial charge in [-0.2, -0.15) is 13.2 Å². The van der Waals surface area contributed by atoms with Crippen LogP contribution in [0.1, 0.15) is 39.9 Å². The van der Waals surface area contributed by atoms with E-state index in [1.165, 1.54) is 30.4 Å². The average Bonchev–Trinajstić information content (AvgIpc) is 3.31. The minimum absolute atomic E-state index is 0.0325. The third-order valence-electron chi connectivity index (χ3n) is 5.56. The lowest BCUT2D eigenvalue weighted by atomic mass is 10.1. The minimum atomic E-state index is -4.64. The Kier molecular flexibility index (Phi) is 5.81. The Balaban J connectivity index is 1.96. The molecular weight excluding hydrogens is 489 g/mol. The lowest BCUT2D eigenvalue weighted by Crippen LogP contribution is -2.24. The number of carboxylic acid groups (broad SMARTS) is 1. The van der Waals surface area contributed by atoms with Crippen molar-refractivity contribution in [3.63, 3.8) is 0 Å². The van der Waals surface area contributed by atoms with Crippen molar-refractivity contribution < 1.29 is 31.5 Å². The van der Waals surface area contributed by atoms with E-state index >= 15 is 0 Å². The van der Waals surface area contributed by atoms with Crippen LogP contribution in [0.5, 0.6) is 0 Å². The number of nitrogens with zero attached hydrogens (tertiary/aromatic N) is 2. The van der Waals surface area contributed by atoms with Gasteiger partial charge in [0.15, 0.2) is 0 Å². The third-order valence-corrected chi connectivity index (χ3v) is 8.54. The van der Waals surface area contributed by atoms with Gasteiger partial charge in [-0.15, -0.1) is 17.9 Å². The highest BCUT2D eigenvalue weighted by Crippen LogP contribution is 2.38. The molecule has 0 amide bonds. The summed E-state index contributed by atoms with van der Waals surface area (Å²) < 4.78 is 69.1. The maximum Gasteiger partial charge on any atom is 0.416 e. The van der Waals surface area contributed by atoms with Crippen LogP contribution in [0.3, 0.4) is 0 Å². The fraction of sp³-hybridized carbons (Fsp3) is 0.217. The summed E-state index contributed by atoms with van der Waals surface area (Å²) in [7, 11) is -4.38. The van der Waals surface area contributed by atoms with Crippen molar-refractivity contribution in [2.45, 2.75) is 31.2 Å². The van der Waals surface area contributed by atoms with Crippen LogP contribution in [0.4, 0.5) is 13.2 Å². The Labute approximate surface area is 197 Å². The molecule has 11 heteroatoms. The molecule has 6 nitrogen and oxygen atoms in total. The van der Waals surface area contributed by atoms with E-state index in [4.69, 9.17) is 0 Å². The molecule has 0 spiro atoms. The Morgan fingerprint density at radius 3 is 2.53 bits per heavy atom. The fourth-order valence-corrected chi connectivity index (χ4v) is 6.59. The zero-order valence-corrected chi connectivity index (χ0v) is 19.6. The van der Waals surface area contributed by atoms with Gasteiger partial charge in [-0.3, -0.25) is 4.79 Å². The SMILES string of the molecule is C=CC(c1ccc2sc(C)nc2c1)S(=O)(=O)n1c(C(C)C(=O)O)cc2cc(C(F)(F)F)ccc21. The smallest absolute Gasteiger partial charge is 0.416 e. The van der Waals surface area contributed by atoms with Crippen LogP contribution in [0.25, 0.3) is 21.1 Å². The van der Waals surface area contributed by atoms with Crippen LogP contribution in [-0.2, 0) is 21.0 Å². The van der Waals surface area contributed by atoms with Crippen LogP contribution in [-0.4, -0.2) is 28.5 Å². The molecule has 2 aromatic carbocycles. The van der Waals surface area contributed by atoms with E-state index in [-0.39, 0.29) is 16.6 Å². The first-order valence-corrected chi connectivity index (χ1v) is 12.4. The van der Waals surface area contributed by atoms with Crippen LogP contribution in [0.15, 0.2) is 55.1 Å². The summed E-state index contributed by atoms with van der Waals surface area (Å²) in [6.45, 7) is 6.76. The first-order valence-electron chi connectivity index (χ1n) is 10.0. The molecule has 2 aromatic heterocycles. The molecule has 1 N–H and O–H groups in total. The Morgan fingerprint density at radius 2 is 1.91 bits per heavy atom. The van der Waals surface area contributed by atoms with E-state index in [1.54, 1.807) is 18.2 Å². The molecule has 4 aromatic rings. The van der Waals surface area contributed by atoms with Crippen LogP contribution >= 0.6 is 11.3 Å². The molecular formula is C23H19F3N2O4S2. The number of carbonyl (C=O) groups is 1. The van der Waals surface area contributed by atoms with Gasteiger partial charge in [0, 0.05) is 11.1 Å². The summed E-state index contributed by atoms with van der Waals surface area (Å²) in [4.78, 5) is 16.1. The van der Waals surface area contributed by atoms with Crippen molar-refractivity contribution in [1.82, 2.24) is 8.96 Å². The number of hydrogen-bond acceptors (Lipinski definition) is 5. The Morgan fingerprint density at radius 1 is 1.21 bits per heavy atom. The number of rotatable bonds is 6. The highest BCUT2D eigenvalue weighted by atomic mass is 32.2. The highest BCUT2D eigenvalue weighted by Gasteiger charge is 2.35. The topological polar surface area (TPSA) is 89.3 Å². The minimum Gasteiger partial charge on any atom is -0.481 e. The summed E-state index contributed by atoms with van der Waals surface area (Å²) in [6.07, 6.45) is -3.43. The highest BCUT2D eigenvalue weighted by molar-refractivity contribution is 7.90. The quantitative estimate of drug-likeness (QED) is 0.329. The average molecular weight is 509 g/mol. The van der Waals surface area contributed by atoms with Gasteiger partial charge in [-0.05, 0) is 55.8 Å². The number of carboxylic acids is 1. The van der Waals surface area contributed by atoms with E-state index in [1.807, 2.05) is 6.92 Å². The molecule has 0 radical (unpaired) electrons. The van der Waals surface area contributed by atoms with Crippen LogP contribution in [0, 0.1) is 6.92 Å². The standard InChI is InChI=1S/C23H19F3N2O4S2/c1-4-21(14-5-8-20-17(10-14)27-13(3)33-20)34(31,32)28-18-7-6-16(23(24,25)26)9-15(18)11-19(28)12(2)22(29)30/h4-12,21H,1H2,2-3H3,(H,29,30). The molecule has 0 aliphatic carbocycles. The van der Waals surface area contributed by atoms with E-state index in [2.05, 4.69) is 11.6 Å². The number of halogens is 3. The summed E-state index contributed by atoms with van der Waals surface area (Å²) in [6, 6.07) is 8.79. The summed E-state index contributed by atoms with van der Waals surface area (Å²) in [5.74, 6) is -2.62. The van der Waals surface area contributed by atoms with Gasteiger partial charge in [-0.1, -0.05) is 12.1 Å². The predicted molar refractivity (Wildman–Crippen MR) is 125 cm³/mol. The van der Waals surface area contributed by atoms with Crippen molar-refractivity contribution in [3.8, 4) is 0 Å². The molecule has 0 fully saturated rings. The van der Waals surface area contributed by atoms with Gasteiger partial charge in [0.2, 0.25) is 10.0 Å². The number of alkyl halides is 3. The lowest BCUT2D eigenvalue weighted by Gasteiger charge is -2.20.